The van der Waals surface area contributed by atoms with Crippen LogP contribution in [0.15, 0.2) is 18.3 Å². The Kier molecular flexibility index (Phi) is 4.90. The Bertz CT molecular complexity index is 423. The zero-order valence-electron chi connectivity index (χ0n) is 9.39. The van der Waals surface area contributed by atoms with Crippen LogP contribution >= 0.6 is 11.6 Å². The van der Waals surface area contributed by atoms with Gasteiger partial charge in [0.15, 0.2) is 0 Å². The van der Waals surface area contributed by atoms with Crippen LogP contribution in [0.25, 0.3) is 0 Å². The summed E-state index contributed by atoms with van der Waals surface area (Å²) in [6.45, 7) is 2.38. The topological polar surface area (TPSA) is 70.5 Å². The molecule has 0 saturated carbocycles. The van der Waals surface area contributed by atoms with Gasteiger partial charge in [0, 0.05) is 24.3 Å². The van der Waals surface area contributed by atoms with Crippen LogP contribution in [0, 0.1) is 0 Å². The molecule has 1 aromatic rings. The summed E-state index contributed by atoms with van der Waals surface area (Å²) in [7, 11) is 0. The number of carboxylic acids is 1. The van der Waals surface area contributed by atoms with Crippen LogP contribution in [0.5, 0.6) is 0 Å². The molecule has 5 nitrogen and oxygen atoms in total. The number of carbonyl (C=O) groups excluding carboxylic acids is 1. The molecule has 92 valence electrons. The molecule has 0 unspecified atom stereocenters. The van der Waals surface area contributed by atoms with E-state index in [1.54, 1.807) is 13.0 Å². The van der Waals surface area contributed by atoms with E-state index in [0.717, 1.165) is 0 Å². The standard InChI is InChI=1S/C11H13ClN2O3/c1-2-14(6-4-10(15)16)11(17)9-7-8(12)3-5-13-9/h3,5,7H,2,4,6H2,1H3,(H,15,16). The number of rotatable bonds is 5. The molecule has 0 spiro atoms. The van der Waals surface area contributed by atoms with Gasteiger partial charge in [-0.15, -0.1) is 0 Å². The lowest BCUT2D eigenvalue weighted by Crippen LogP contribution is -2.33. The number of carboxylic acid groups (broad SMARTS) is 1. The number of aromatic nitrogens is 1. The maximum Gasteiger partial charge on any atom is 0.305 e. The summed E-state index contributed by atoms with van der Waals surface area (Å²) in [6.07, 6.45) is 1.36. The number of pyridine rings is 1. The second-order valence-corrected chi connectivity index (χ2v) is 3.82. The molecular formula is C11H13ClN2O3. The summed E-state index contributed by atoms with van der Waals surface area (Å²) in [5, 5.41) is 9.01. The van der Waals surface area contributed by atoms with Crippen molar-refractivity contribution in [1.29, 1.82) is 0 Å². The summed E-state index contributed by atoms with van der Waals surface area (Å²) < 4.78 is 0. The molecule has 1 amide bonds. The minimum absolute atomic E-state index is 0.0832. The number of aliphatic carboxylic acids is 1. The van der Waals surface area contributed by atoms with Crippen molar-refractivity contribution in [2.24, 2.45) is 0 Å². The molecule has 1 aromatic heterocycles. The van der Waals surface area contributed by atoms with E-state index in [9.17, 15) is 9.59 Å². The first kappa shape index (κ1) is 13.4. The predicted molar refractivity (Wildman–Crippen MR) is 63.1 cm³/mol. The first-order valence-corrected chi connectivity index (χ1v) is 5.55. The van der Waals surface area contributed by atoms with Gasteiger partial charge in [-0.25, -0.2) is 0 Å². The number of halogens is 1. The van der Waals surface area contributed by atoms with E-state index in [1.165, 1.54) is 17.2 Å². The second-order valence-electron chi connectivity index (χ2n) is 3.39. The average molecular weight is 257 g/mol. The van der Waals surface area contributed by atoms with Gasteiger partial charge in [0.05, 0.1) is 6.42 Å². The van der Waals surface area contributed by atoms with Crippen molar-refractivity contribution in [2.45, 2.75) is 13.3 Å². The van der Waals surface area contributed by atoms with E-state index in [0.29, 0.717) is 11.6 Å². The maximum atomic E-state index is 12.0. The summed E-state index contributed by atoms with van der Waals surface area (Å²) in [5.41, 5.74) is 0.227. The largest absolute Gasteiger partial charge is 0.481 e. The number of nitrogens with zero attached hydrogens (tertiary/aromatic N) is 2. The molecule has 17 heavy (non-hydrogen) atoms. The van der Waals surface area contributed by atoms with Crippen molar-refractivity contribution in [3.8, 4) is 0 Å². The third-order valence-electron chi connectivity index (χ3n) is 2.21. The molecule has 0 aliphatic carbocycles. The molecule has 1 N–H and O–H groups in total. The van der Waals surface area contributed by atoms with Crippen molar-refractivity contribution in [3.63, 3.8) is 0 Å². The molecule has 1 heterocycles. The van der Waals surface area contributed by atoms with Crippen LogP contribution in [0.3, 0.4) is 0 Å². The Balaban J connectivity index is 2.75. The predicted octanol–water partition coefficient (Wildman–Crippen LogP) is 1.67. The highest BCUT2D eigenvalue weighted by molar-refractivity contribution is 6.30. The molecule has 1 rings (SSSR count). The van der Waals surface area contributed by atoms with E-state index in [2.05, 4.69) is 4.98 Å². The van der Waals surface area contributed by atoms with Gasteiger partial charge in [-0.1, -0.05) is 11.6 Å². The molecule has 0 aliphatic heterocycles. The van der Waals surface area contributed by atoms with Crippen LogP contribution in [0.4, 0.5) is 0 Å². The lowest BCUT2D eigenvalue weighted by atomic mass is 10.3. The first-order chi connectivity index (χ1) is 8.04. The molecule has 0 radical (unpaired) electrons. The fourth-order valence-corrected chi connectivity index (χ4v) is 1.48. The van der Waals surface area contributed by atoms with Crippen molar-refractivity contribution in [3.05, 3.63) is 29.0 Å². The molecule has 0 aromatic carbocycles. The van der Waals surface area contributed by atoms with Crippen LogP contribution in [-0.2, 0) is 4.79 Å². The molecule has 0 atom stereocenters. The van der Waals surface area contributed by atoms with Gasteiger partial charge in [0.2, 0.25) is 0 Å². The van der Waals surface area contributed by atoms with Crippen LogP contribution in [0.1, 0.15) is 23.8 Å². The lowest BCUT2D eigenvalue weighted by Gasteiger charge is -2.19. The van der Waals surface area contributed by atoms with Crippen molar-refractivity contribution in [1.82, 2.24) is 9.88 Å². The van der Waals surface area contributed by atoms with E-state index in [-0.39, 0.29) is 24.6 Å². The molecule has 0 aliphatic rings. The average Bonchev–Trinajstić information content (AvgIpc) is 2.29. The fourth-order valence-electron chi connectivity index (χ4n) is 1.32. The van der Waals surface area contributed by atoms with E-state index < -0.39 is 5.97 Å². The normalized spacial score (nSPS) is 10.0. The van der Waals surface area contributed by atoms with Gasteiger partial charge in [-0.2, -0.15) is 0 Å². The highest BCUT2D eigenvalue weighted by Crippen LogP contribution is 2.10. The lowest BCUT2D eigenvalue weighted by molar-refractivity contribution is -0.137. The second kappa shape index (κ2) is 6.20. The zero-order valence-corrected chi connectivity index (χ0v) is 10.1. The minimum Gasteiger partial charge on any atom is -0.481 e. The highest BCUT2D eigenvalue weighted by atomic mass is 35.5. The molecule has 6 heteroatoms. The summed E-state index contributed by atoms with van der Waals surface area (Å²) in [5.74, 6) is -1.24. The molecular weight excluding hydrogens is 244 g/mol. The zero-order chi connectivity index (χ0) is 12.8. The number of carbonyl (C=O) groups is 2. The number of hydrogen-bond donors (Lipinski definition) is 1. The Morgan fingerprint density at radius 2 is 2.24 bits per heavy atom. The Morgan fingerprint density at radius 1 is 1.53 bits per heavy atom. The molecule has 0 fully saturated rings. The van der Waals surface area contributed by atoms with E-state index in [1.807, 2.05) is 0 Å². The van der Waals surface area contributed by atoms with Gasteiger partial charge < -0.3 is 10.0 Å². The summed E-state index contributed by atoms with van der Waals surface area (Å²) >= 11 is 5.76. The smallest absolute Gasteiger partial charge is 0.305 e. The Labute approximate surface area is 104 Å². The number of hydrogen-bond acceptors (Lipinski definition) is 3. The van der Waals surface area contributed by atoms with Crippen molar-refractivity contribution < 1.29 is 14.7 Å². The summed E-state index contributed by atoms with van der Waals surface area (Å²) in [6, 6.07) is 3.04. The molecule has 0 saturated heterocycles. The maximum absolute atomic E-state index is 12.0. The minimum atomic E-state index is -0.935. The van der Waals surface area contributed by atoms with Gasteiger partial charge in [-0.05, 0) is 19.1 Å². The van der Waals surface area contributed by atoms with Gasteiger partial charge in [0.25, 0.3) is 5.91 Å². The fraction of sp³-hybridized carbons (Fsp3) is 0.364. The first-order valence-electron chi connectivity index (χ1n) is 5.17. The van der Waals surface area contributed by atoms with Crippen molar-refractivity contribution in [2.75, 3.05) is 13.1 Å². The monoisotopic (exact) mass is 256 g/mol. The SMILES string of the molecule is CCN(CCC(=O)O)C(=O)c1cc(Cl)ccn1. The Hall–Kier alpha value is -1.62. The third-order valence-corrected chi connectivity index (χ3v) is 2.44. The highest BCUT2D eigenvalue weighted by Gasteiger charge is 2.16. The quantitative estimate of drug-likeness (QED) is 0.870. The summed E-state index contributed by atoms with van der Waals surface area (Å²) in [4.78, 5) is 27.7. The van der Waals surface area contributed by atoms with Crippen LogP contribution < -0.4 is 0 Å². The van der Waals surface area contributed by atoms with Crippen LogP contribution in [-0.4, -0.2) is 40.0 Å². The van der Waals surface area contributed by atoms with Gasteiger partial charge in [-0.3, -0.25) is 14.6 Å². The Morgan fingerprint density at radius 3 is 2.76 bits per heavy atom. The third kappa shape index (κ3) is 4.03. The van der Waals surface area contributed by atoms with Gasteiger partial charge in [0.1, 0.15) is 5.69 Å². The molecule has 0 bridgehead atoms. The van der Waals surface area contributed by atoms with Crippen LogP contribution in [0.2, 0.25) is 5.02 Å². The van der Waals surface area contributed by atoms with E-state index in [4.69, 9.17) is 16.7 Å². The van der Waals surface area contributed by atoms with Crippen molar-refractivity contribution >= 4 is 23.5 Å². The van der Waals surface area contributed by atoms with E-state index >= 15 is 0 Å². The van der Waals surface area contributed by atoms with Gasteiger partial charge >= 0.3 is 5.97 Å². The number of amides is 1.